The van der Waals surface area contributed by atoms with E-state index in [0.717, 1.165) is 5.56 Å². The van der Waals surface area contributed by atoms with E-state index in [2.05, 4.69) is 0 Å². The number of hydrogen-bond donors (Lipinski definition) is 1. The van der Waals surface area contributed by atoms with Gasteiger partial charge in [-0.2, -0.15) is 0 Å². The molecule has 4 nitrogen and oxygen atoms in total. The number of halogens is 1. The van der Waals surface area contributed by atoms with Crippen LogP contribution in [-0.2, 0) is 9.53 Å². The van der Waals surface area contributed by atoms with E-state index in [1.807, 2.05) is 0 Å². The maximum Gasteiger partial charge on any atom is 0.307 e. The van der Waals surface area contributed by atoms with Crippen LogP contribution in [-0.4, -0.2) is 12.6 Å². The van der Waals surface area contributed by atoms with Crippen molar-refractivity contribution in [2.45, 2.75) is 19.4 Å². The van der Waals surface area contributed by atoms with Crippen LogP contribution in [0.4, 0.5) is 0 Å². The Morgan fingerprint density at radius 3 is 2.93 bits per heavy atom. The maximum absolute atomic E-state index is 11.0. The molecule has 0 fully saturated rings. The van der Waals surface area contributed by atoms with Gasteiger partial charge in [-0.1, -0.05) is 0 Å². The summed E-state index contributed by atoms with van der Waals surface area (Å²) < 4.78 is 9.61. The average Bonchev–Trinajstić information content (AvgIpc) is 2.55. The van der Waals surface area contributed by atoms with Crippen LogP contribution in [0, 0.1) is 0 Å². The number of ether oxygens (including phenoxy) is 1. The average molecular weight is 220 g/mol. The molecule has 0 aliphatic carbocycles. The third kappa shape index (κ3) is 3.81. The van der Waals surface area contributed by atoms with Gasteiger partial charge in [0.25, 0.3) is 0 Å². The number of hydrogen-bond acceptors (Lipinski definition) is 4. The minimum Gasteiger partial charge on any atom is -0.472 e. The summed E-state index contributed by atoms with van der Waals surface area (Å²) in [6.07, 6.45) is 3.25. The largest absolute Gasteiger partial charge is 0.472 e. The molecule has 0 unspecified atom stereocenters. The van der Waals surface area contributed by atoms with Crippen molar-refractivity contribution in [3.8, 4) is 0 Å². The number of nitrogens with two attached hydrogens (primary N) is 1. The first-order valence-electron chi connectivity index (χ1n) is 4.17. The second-order valence-electron chi connectivity index (χ2n) is 2.67. The first-order valence-corrected chi connectivity index (χ1v) is 4.17. The lowest BCUT2D eigenvalue weighted by molar-refractivity contribution is -0.143. The highest BCUT2D eigenvalue weighted by atomic mass is 35.5. The van der Waals surface area contributed by atoms with Crippen molar-refractivity contribution in [1.29, 1.82) is 0 Å². The Labute approximate surface area is 88.8 Å². The smallest absolute Gasteiger partial charge is 0.307 e. The van der Waals surface area contributed by atoms with Gasteiger partial charge >= 0.3 is 5.97 Å². The predicted molar refractivity (Wildman–Crippen MR) is 54.1 cm³/mol. The molecular weight excluding hydrogens is 206 g/mol. The predicted octanol–water partition coefficient (Wildman–Crippen LogP) is 1.65. The van der Waals surface area contributed by atoms with Gasteiger partial charge in [0.15, 0.2) is 0 Å². The highest BCUT2D eigenvalue weighted by Crippen LogP contribution is 2.14. The van der Waals surface area contributed by atoms with Crippen LogP contribution < -0.4 is 5.73 Å². The summed E-state index contributed by atoms with van der Waals surface area (Å²) in [4.78, 5) is 11.0. The SMILES string of the molecule is CCOC(=O)C[C@@H](N)c1ccoc1.Cl. The van der Waals surface area contributed by atoms with Gasteiger partial charge in [0.2, 0.25) is 0 Å². The lowest BCUT2D eigenvalue weighted by Crippen LogP contribution is -2.16. The van der Waals surface area contributed by atoms with Gasteiger partial charge in [0.1, 0.15) is 0 Å². The van der Waals surface area contributed by atoms with E-state index in [9.17, 15) is 4.79 Å². The van der Waals surface area contributed by atoms with Crippen LogP contribution in [0.3, 0.4) is 0 Å². The van der Waals surface area contributed by atoms with E-state index in [-0.39, 0.29) is 30.8 Å². The van der Waals surface area contributed by atoms with Crippen molar-refractivity contribution in [3.63, 3.8) is 0 Å². The molecule has 5 heteroatoms. The topological polar surface area (TPSA) is 65.5 Å². The Morgan fingerprint density at radius 1 is 1.71 bits per heavy atom. The van der Waals surface area contributed by atoms with Gasteiger partial charge in [0.05, 0.1) is 25.6 Å². The van der Waals surface area contributed by atoms with Gasteiger partial charge in [-0.25, -0.2) is 0 Å². The van der Waals surface area contributed by atoms with Crippen LogP contribution >= 0.6 is 12.4 Å². The molecule has 0 saturated carbocycles. The summed E-state index contributed by atoms with van der Waals surface area (Å²) in [7, 11) is 0. The molecule has 1 heterocycles. The fraction of sp³-hybridized carbons (Fsp3) is 0.444. The molecule has 0 aliphatic heterocycles. The molecule has 0 aromatic carbocycles. The van der Waals surface area contributed by atoms with E-state index in [1.165, 1.54) is 12.5 Å². The van der Waals surface area contributed by atoms with E-state index in [4.69, 9.17) is 14.9 Å². The summed E-state index contributed by atoms with van der Waals surface area (Å²) in [6.45, 7) is 2.15. The number of carbonyl (C=O) groups is 1. The fourth-order valence-electron chi connectivity index (χ4n) is 1.00. The van der Waals surface area contributed by atoms with Crippen LogP contribution in [0.15, 0.2) is 23.0 Å². The molecule has 0 bridgehead atoms. The highest BCUT2D eigenvalue weighted by Gasteiger charge is 2.12. The zero-order valence-corrected chi connectivity index (χ0v) is 8.75. The summed E-state index contributed by atoms with van der Waals surface area (Å²) in [6, 6.07) is 1.40. The van der Waals surface area contributed by atoms with Gasteiger partial charge in [0, 0.05) is 11.6 Å². The number of carbonyl (C=O) groups excluding carboxylic acids is 1. The highest BCUT2D eigenvalue weighted by molar-refractivity contribution is 5.85. The lowest BCUT2D eigenvalue weighted by Gasteiger charge is -2.07. The van der Waals surface area contributed by atoms with Gasteiger partial charge in [-0.3, -0.25) is 4.79 Å². The number of esters is 1. The second-order valence-corrected chi connectivity index (χ2v) is 2.67. The molecule has 0 aliphatic rings. The van der Waals surface area contributed by atoms with Crippen molar-refractivity contribution >= 4 is 18.4 Å². The maximum atomic E-state index is 11.0. The van der Waals surface area contributed by atoms with Gasteiger partial charge in [-0.05, 0) is 13.0 Å². The van der Waals surface area contributed by atoms with E-state index >= 15 is 0 Å². The fourth-order valence-corrected chi connectivity index (χ4v) is 1.00. The summed E-state index contributed by atoms with van der Waals surface area (Å²) in [5.41, 5.74) is 6.52. The van der Waals surface area contributed by atoms with Crippen LogP contribution in [0.2, 0.25) is 0 Å². The van der Waals surface area contributed by atoms with Crippen molar-refractivity contribution in [1.82, 2.24) is 0 Å². The molecule has 80 valence electrons. The summed E-state index contributed by atoms with van der Waals surface area (Å²) in [5, 5.41) is 0. The normalized spacial score (nSPS) is 11.6. The second kappa shape index (κ2) is 6.45. The summed E-state index contributed by atoms with van der Waals surface area (Å²) >= 11 is 0. The molecule has 1 aromatic heterocycles. The molecule has 2 N–H and O–H groups in total. The molecule has 0 saturated heterocycles. The Hall–Kier alpha value is -1.00. The quantitative estimate of drug-likeness (QED) is 0.783. The zero-order valence-electron chi connectivity index (χ0n) is 7.93. The first-order chi connectivity index (χ1) is 6.24. The van der Waals surface area contributed by atoms with Gasteiger partial charge in [-0.15, -0.1) is 12.4 Å². The molecule has 0 radical (unpaired) electrons. The Balaban J connectivity index is 0.00000169. The third-order valence-electron chi connectivity index (χ3n) is 1.66. The molecule has 1 atom stereocenters. The monoisotopic (exact) mass is 219 g/mol. The number of rotatable bonds is 4. The first kappa shape index (κ1) is 13.0. The van der Waals surface area contributed by atoms with Crippen LogP contribution in [0.25, 0.3) is 0 Å². The van der Waals surface area contributed by atoms with Gasteiger partial charge < -0.3 is 14.9 Å². The summed E-state index contributed by atoms with van der Waals surface area (Å²) in [5.74, 6) is -0.281. The minimum atomic E-state index is -0.335. The van der Waals surface area contributed by atoms with E-state index < -0.39 is 0 Å². The Kier molecular flexibility index (Phi) is 5.99. The minimum absolute atomic E-state index is 0. The lowest BCUT2D eigenvalue weighted by atomic mass is 10.1. The van der Waals surface area contributed by atoms with E-state index in [0.29, 0.717) is 6.61 Å². The van der Waals surface area contributed by atoms with Crippen molar-refractivity contribution in [2.24, 2.45) is 5.73 Å². The van der Waals surface area contributed by atoms with E-state index in [1.54, 1.807) is 13.0 Å². The molecule has 1 rings (SSSR count). The van der Waals surface area contributed by atoms with Crippen molar-refractivity contribution < 1.29 is 13.9 Å². The number of furan rings is 1. The van der Waals surface area contributed by atoms with Crippen LogP contribution in [0.1, 0.15) is 24.9 Å². The Bertz CT molecular complexity index is 261. The third-order valence-corrected chi connectivity index (χ3v) is 1.66. The van der Waals surface area contributed by atoms with Crippen molar-refractivity contribution in [3.05, 3.63) is 24.2 Å². The zero-order chi connectivity index (χ0) is 9.68. The van der Waals surface area contributed by atoms with Crippen molar-refractivity contribution in [2.75, 3.05) is 6.61 Å². The molecule has 0 amide bonds. The molecular formula is C9H14ClNO3. The molecule has 1 aromatic rings. The standard InChI is InChI=1S/C9H13NO3.ClH/c1-2-13-9(11)5-8(10)7-3-4-12-6-7;/h3-4,6,8H,2,5,10H2,1H3;1H/t8-;/m1./s1. The molecule has 0 spiro atoms. The molecule has 14 heavy (non-hydrogen) atoms. The van der Waals surface area contributed by atoms with Crippen LogP contribution in [0.5, 0.6) is 0 Å². The Morgan fingerprint density at radius 2 is 2.43 bits per heavy atom.